The van der Waals surface area contributed by atoms with Crippen LogP contribution in [0.2, 0.25) is 0 Å². The number of aromatic nitrogens is 1. The van der Waals surface area contributed by atoms with Gasteiger partial charge in [-0.2, -0.15) is 0 Å². The summed E-state index contributed by atoms with van der Waals surface area (Å²) >= 11 is 1.20. The summed E-state index contributed by atoms with van der Waals surface area (Å²) < 4.78 is 26.8. The van der Waals surface area contributed by atoms with Crippen LogP contribution in [-0.2, 0) is 10.0 Å². The summed E-state index contributed by atoms with van der Waals surface area (Å²) in [5.74, 6) is -0.212. The van der Waals surface area contributed by atoms with Crippen LogP contribution in [-0.4, -0.2) is 25.9 Å². The minimum atomic E-state index is -3.70. The Hall–Kier alpha value is -1.93. The Balaban J connectivity index is 2.00. The molecule has 8 heteroatoms. The zero-order chi connectivity index (χ0) is 17.8. The molecule has 0 saturated carbocycles. The average Bonchev–Trinajstić information content (AvgIpc) is 2.98. The number of anilines is 1. The van der Waals surface area contributed by atoms with Gasteiger partial charge in [-0.1, -0.05) is 20.8 Å². The van der Waals surface area contributed by atoms with Crippen molar-refractivity contribution in [3.8, 4) is 0 Å². The molecule has 0 aliphatic carbocycles. The number of nitrogens with zero attached hydrogens (tertiary/aromatic N) is 1. The van der Waals surface area contributed by atoms with Crippen LogP contribution in [0.15, 0.2) is 40.7 Å². The highest BCUT2D eigenvalue weighted by Crippen LogP contribution is 2.19. The van der Waals surface area contributed by atoms with Gasteiger partial charge in [0.2, 0.25) is 0 Å². The van der Waals surface area contributed by atoms with E-state index in [0.717, 1.165) is 6.42 Å². The number of hydrogen-bond acceptors (Lipinski definition) is 5. The standard InChI is InChI=1S/C16H21N3O3S2/c1-16(2,3)8-9-17-14(20)12-4-6-13(7-5-12)24(21,22)19-15-18-10-11-23-15/h4-7,10-11H,8-9H2,1-3H3,(H,17,20)(H,18,19). The molecule has 130 valence electrons. The number of rotatable bonds is 6. The van der Waals surface area contributed by atoms with Crippen molar-refractivity contribution in [2.45, 2.75) is 32.1 Å². The molecule has 0 saturated heterocycles. The lowest BCUT2D eigenvalue weighted by molar-refractivity contribution is 0.0949. The van der Waals surface area contributed by atoms with Gasteiger partial charge >= 0.3 is 0 Å². The number of hydrogen-bond donors (Lipinski definition) is 2. The summed E-state index contributed by atoms with van der Waals surface area (Å²) in [6.45, 7) is 6.89. The molecule has 24 heavy (non-hydrogen) atoms. The minimum absolute atomic E-state index is 0.0870. The molecule has 6 nitrogen and oxygen atoms in total. The maximum Gasteiger partial charge on any atom is 0.263 e. The highest BCUT2D eigenvalue weighted by molar-refractivity contribution is 7.93. The predicted octanol–water partition coefficient (Wildman–Crippen LogP) is 3.11. The first kappa shape index (κ1) is 18.4. The van der Waals surface area contributed by atoms with Gasteiger partial charge in [0.05, 0.1) is 4.90 Å². The van der Waals surface area contributed by atoms with Crippen molar-refractivity contribution in [3.63, 3.8) is 0 Å². The minimum Gasteiger partial charge on any atom is -0.352 e. The fourth-order valence-corrected chi connectivity index (χ4v) is 3.68. The third kappa shape index (κ3) is 5.31. The first-order valence-corrected chi connectivity index (χ1v) is 9.84. The molecule has 2 N–H and O–H groups in total. The molecule has 1 aromatic carbocycles. The molecule has 0 atom stereocenters. The van der Waals surface area contributed by atoms with Gasteiger partial charge in [0, 0.05) is 23.7 Å². The van der Waals surface area contributed by atoms with Gasteiger partial charge in [-0.3, -0.25) is 9.52 Å². The van der Waals surface area contributed by atoms with Crippen molar-refractivity contribution in [2.24, 2.45) is 5.41 Å². The molecule has 1 amide bonds. The first-order valence-electron chi connectivity index (χ1n) is 7.48. The second-order valence-corrected chi connectivity index (χ2v) is 9.11. The third-order valence-corrected chi connectivity index (χ3v) is 5.41. The topological polar surface area (TPSA) is 88.2 Å². The molecular weight excluding hydrogens is 346 g/mol. The monoisotopic (exact) mass is 367 g/mol. The van der Waals surface area contributed by atoms with E-state index in [1.165, 1.54) is 41.8 Å². The number of sulfonamides is 1. The zero-order valence-corrected chi connectivity index (χ0v) is 15.5. The summed E-state index contributed by atoms with van der Waals surface area (Å²) in [6.07, 6.45) is 2.39. The molecule has 0 bridgehead atoms. The van der Waals surface area contributed by atoms with E-state index >= 15 is 0 Å². The maximum atomic E-state index is 12.2. The molecule has 0 aliphatic heterocycles. The number of benzene rings is 1. The Labute approximate surface area is 146 Å². The lowest BCUT2D eigenvalue weighted by Gasteiger charge is -2.18. The summed E-state index contributed by atoms with van der Waals surface area (Å²) in [6, 6.07) is 5.83. The van der Waals surface area contributed by atoms with Gasteiger partial charge in [0.15, 0.2) is 5.13 Å². The Kier molecular flexibility index (Phi) is 5.61. The largest absolute Gasteiger partial charge is 0.352 e. The SMILES string of the molecule is CC(C)(C)CCNC(=O)c1ccc(S(=O)(=O)Nc2nccs2)cc1. The Morgan fingerprint density at radius 2 is 1.88 bits per heavy atom. The van der Waals surface area contributed by atoms with Gasteiger partial charge in [0.1, 0.15) is 0 Å². The third-order valence-electron chi connectivity index (χ3n) is 3.24. The van der Waals surface area contributed by atoms with E-state index in [4.69, 9.17) is 0 Å². The molecule has 2 aromatic rings. The summed E-state index contributed by atoms with van der Waals surface area (Å²) in [7, 11) is -3.70. The van der Waals surface area contributed by atoms with E-state index in [1.807, 2.05) is 0 Å². The number of carbonyl (C=O) groups is 1. The van der Waals surface area contributed by atoms with E-state index in [9.17, 15) is 13.2 Å². The molecule has 2 rings (SSSR count). The van der Waals surface area contributed by atoms with Gasteiger partial charge in [-0.25, -0.2) is 13.4 Å². The predicted molar refractivity (Wildman–Crippen MR) is 95.8 cm³/mol. The normalized spacial score (nSPS) is 12.0. The average molecular weight is 367 g/mol. The van der Waals surface area contributed by atoms with Crippen LogP contribution in [0, 0.1) is 5.41 Å². The summed E-state index contributed by atoms with van der Waals surface area (Å²) in [5.41, 5.74) is 0.573. The summed E-state index contributed by atoms with van der Waals surface area (Å²) in [5, 5.41) is 4.83. The fraction of sp³-hybridized carbons (Fsp3) is 0.375. The van der Waals surface area contributed by atoms with E-state index in [1.54, 1.807) is 5.38 Å². The molecule has 1 aromatic heterocycles. The van der Waals surface area contributed by atoms with Crippen molar-refractivity contribution in [1.29, 1.82) is 0 Å². The van der Waals surface area contributed by atoms with E-state index in [0.29, 0.717) is 17.2 Å². The van der Waals surface area contributed by atoms with Gasteiger partial charge in [-0.05, 0) is 36.1 Å². The Morgan fingerprint density at radius 3 is 2.42 bits per heavy atom. The molecule has 0 unspecified atom stereocenters. The molecular formula is C16H21N3O3S2. The first-order chi connectivity index (χ1) is 11.2. The van der Waals surface area contributed by atoms with Crippen LogP contribution in [0.5, 0.6) is 0 Å². The van der Waals surface area contributed by atoms with Crippen molar-refractivity contribution < 1.29 is 13.2 Å². The van der Waals surface area contributed by atoms with Gasteiger partial charge < -0.3 is 5.32 Å². The van der Waals surface area contributed by atoms with E-state index < -0.39 is 10.0 Å². The zero-order valence-electron chi connectivity index (χ0n) is 13.9. The summed E-state index contributed by atoms with van der Waals surface area (Å²) in [4.78, 5) is 16.0. The second kappa shape index (κ2) is 7.31. The molecule has 0 fully saturated rings. The lowest BCUT2D eigenvalue weighted by atomic mass is 9.92. The Bertz CT molecular complexity index is 777. The molecule has 0 aliphatic rings. The van der Waals surface area contributed by atoms with Crippen molar-refractivity contribution >= 4 is 32.4 Å². The van der Waals surface area contributed by atoms with Gasteiger partial charge in [-0.15, -0.1) is 11.3 Å². The number of thiazole rings is 1. The second-order valence-electron chi connectivity index (χ2n) is 6.53. The molecule has 1 heterocycles. The number of amides is 1. The number of nitrogens with one attached hydrogen (secondary N) is 2. The van der Waals surface area contributed by atoms with Crippen LogP contribution in [0.4, 0.5) is 5.13 Å². The molecule has 0 spiro atoms. The smallest absolute Gasteiger partial charge is 0.263 e. The van der Waals surface area contributed by atoms with Crippen molar-refractivity contribution in [3.05, 3.63) is 41.4 Å². The molecule has 0 radical (unpaired) electrons. The van der Waals surface area contributed by atoms with Gasteiger partial charge in [0.25, 0.3) is 15.9 Å². The van der Waals surface area contributed by atoms with Crippen LogP contribution in [0.3, 0.4) is 0 Å². The number of carbonyl (C=O) groups excluding carboxylic acids is 1. The Morgan fingerprint density at radius 1 is 1.21 bits per heavy atom. The van der Waals surface area contributed by atoms with Crippen LogP contribution in [0.1, 0.15) is 37.6 Å². The lowest BCUT2D eigenvalue weighted by Crippen LogP contribution is -2.27. The highest BCUT2D eigenvalue weighted by Gasteiger charge is 2.16. The van der Waals surface area contributed by atoms with Crippen LogP contribution >= 0.6 is 11.3 Å². The van der Waals surface area contributed by atoms with E-state index in [2.05, 4.69) is 35.8 Å². The van der Waals surface area contributed by atoms with Crippen molar-refractivity contribution in [1.82, 2.24) is 10.3 Å². The highest BCUT2D eigenvalue weighted by atomic mass is 32.2. The fourth-order valence-electron chi connectivity index (χ4n) is 1.89. The quantitative estimate of drug-likeness (QED) is 0.821. The maximum absolute atomic E-state index is 12.2. The van der Waals surface area contributed by atoms with E-state index in [-0.39, 0.29) is 16.2 Å². The van der Waals surface area contributed by atoms with Crippen LogP contribution < -0.4 is 10.0 Å². The van der Waals surface area contributed by atoms with Crippen molar-refractivity contribution in [2.75, 3.05) is 11.3 Å². The van der Waals surface area contributed by atoms with Crippen LogP contribution in [0.25, 0.3) is 0 Å².